The minimum atomic E-state index is -3.01. The zero-order chi connectivity index (χ0) is 23.1. The minimum Gasteiger partial charge on any atom is -0.396 e. The van der Waals surface area contributed by atoms with Gasteiger partial charge in [0.1, 0.15) is 0 Å². The molecule has 0 unspecified atom stereocenters. The summed E-state index contributed by atoms with van der Waals surface area (Å²) >= 11 is 6.43. The van der Waals surface area contributed by atoms with Crippen LogP contribution in [0.5, 0.6) is 0 Å². The van der Waals surface area contributed by atoms with Crippen LogP contribution < -0.4 is 0 Å². The predicted octanol–water partition coefficient (Wildman–Crippen LogP) is 6.86. The number of alkyl halides is 2. The molecule has 0 amide bonds. The summed E-state index contributed by atoms with van der Waals surface area (Å²) in [6.45, 7) is 4.05. The molecule has 0 aliphatic rings. The summed E-state index contributed by atoms with van der Waals surface area (Å²) in [5.74, 6) is -2.92. The van der Waals surface area contributed by atoms with E-state index >= 15 is 0 Å². The summed E-state index contributed by atoms with van der Waals surface area (Å²) < 4.78 is 28.1. The lowest BCUT2D eigenvalue weighted by Crippen LogP contribution is -2.37. The first-order valence-corrected chi connectivity index (χ1v) is 11.3. The van der Waals surface area contributed by atoms with Crippen molar-refractivity contribution in [1.29, 1.82) is 0 Å². The molecule has 0 saturated carbocycles. The van der Waals surface area contributed by atoms with Crippen molar-refractivity contribution in [2.45, 2.75) is 44.7 Å². The quantitative estimate of drug-likeness (QED) is 0.359. The summed E-state index contributed by atoms with van der Waals surface area (Å²) in [5.41, 5.74) is 2.86. The SMILES string of the molecule is C[C@H](CCO)N(Cc1cccc(C(C)(F)F)c1Cl)CC(c1ccccc1)c1ccccc1. The highest BCUT2D eigenvalue weighted by atomic mass is 35.5. The molecule has 3 aromatic rings. The van der Waals surface area contributed by atoms with Crippen LogP contribution in [0.25, 0.3) is 0 Å². The molecule has 0 saturated heterocycles. The van der Waals surface area contributed by atoms with Crippen LogP contribution >= 0.6 is 11.6 Å². The van der Waals surface area contributed by atoms with Crippen molar-refractivity contribution >= 4 is 11.6 Å². The van der Waals surface area contributed by atoms with Gasteiger partial charge in [0, 0.05) is 44.1 Å². The van der Waals surface area contributed by atoms with E-state index in [0.29, 0.717) is 25.1 Å². The maximum atomic E-state index is 14.0. The normalized spacial score (nSPS) is 13.0. The van der Waals surface area contributed by atoms with Gasteiger partial charge in [-0.3, -0.25) is 4.90 Å². The fourth-order valence-electron chi connectivity index (χ4n) is 4.04. The van der Waals surface area contributed by atoms with E-state index in [9.17, 15) is 13.9 Å². The van der Waals surface area contributed by atoms with E-state index in [4.69, 9.17) is 11.6 Å². The van der Waals surface area contributed by atoms with E-state index in [0.717, 1.165) is 6.92 Å². The average molecular weight is 458 g/mol. The summed E-state index contributed by atoms with van der Waals surface area (Å²) in [5, 5.41) is 9.68. The fraction of sp³-hybridized carbons (Fsp3) is 0.333. The van der Waals surface area contributed by atoms with Crippen molar-refractivity contribution in [2.24, 2.45) is 0 Å². The molecule has 1 N–H and O–H groups in total. The van der Waals surface area contributed by atoms with Crippen LogP contribution in [-0.2, 0) is 12.5 Å². The molecular formula is C27H30ClF2NO. The number of aliphatic hydroxyl groups is 1. The van der Waals surface area contributed by atoms with Gasteiger partial charge in [-0.25, -0.2) is 8.78 Å². The number of hydrogen-bond acceptors (Lipinski definition) is 2. The Labute approximate surface area is 194 Å². The molecule has 0 aliphatic heterocycles. The summed E-state index contributed by atoms with van der Waals surface area (Å²) in [6.07, 6.45) is 0.581. The molecule has 5 heteroatoms. The zero-order valence-corrected chi connectivity index (χ0v) is 19.3. The van der Waals surface area contributed by atoms with Gasteiger partial charge in [0.25, 0.3) is 5.92 Å². The van der Waals surface area contributed by atoms with E-state index < -0.39 is 5.92 Å². The number of nitrogens with zero attached hydrogens (tertiary/aromatic N) is 1. The molecule has 3 rings (SSSR count). The monoisotopic (exact) mass is 457 g/mol. The second kappa shape index (κ2) is 11.0. The Balaban J connectivity index is 1.97. The molecule has 0 bridgehead atoms. The van der Waals surface area contributed by atoms with Crippen molar-refractivity contribution in [3.63, 3.8) is 0 Å². The Morgan fingerprint density at radius 2 is 1.47 bits per heavy atom. The van der Waals surface area contributed by atoms with Crippen LogP contribution in [0.1, 0.15) is 48.4 Å². The maximum Gasteiger partial charge on any atom is 0.271 e. The lowest BCUT2D eigenvalue weighted by Gasteiger charge is -2.33. The molecule has 170 valence electrons. The van der Waals surface area contributed by atoms with Crippen LogP contribution in [-0.4, -0.2) is 29.2 Å². The third-order valence-corrected chi connectivity index (χ3v) is 6.36. The Morgan fingerprint density at radius 1 is 0.906 bits per heavy atom. The van der Waals surface area contributed by atoms with Crippen molar-refractivity contribution in [1.82, 2.24) is 4.90 Å². The van der Waals surface area contributed by atoms with Crippen molar-refractivity contribution in [2.75, 3.05) is 13.2 Å². The number of benzene rings is 3. The Bertz CT molecular complexity index is 936. The van der Waals surface area contributed by atoms with E-state index in [1.54, 1.807) is 12.1 Å². The van der Waals surface area contributed by atoms with Gasteiger partial charge < -0.3 is 5.11 Å². The lowest BCUT2D eigenvalue weighted by molar-refractivity contribution is 0.0174. The van der Waals surface area contributed by atoms with E-state index in [1.165, 1.54) is 17.2 Å². The Hall–Kier alpha value is -2.27. The summed E-state index contributed by atoms with van der Waals surface area (Å²) in [7, 11) is 0. The fourth-order valence-corrected chi connectivity index (χ4v) is 4.39. The number of halogens is 3. The highest BCUT2D eigenvalue weighted by Crippen LogP contribution is 2.36. The first-order chi connectivity index (χ1) is 15.3. The molecule has 0 aliphatic carbocycles. The largest absolute Gasteiger partial charge is 0.396 e. The molecule has 32 heavy (non-hydrogen) atoms. The number of hydrogen-bond donors (Lipinski definition) is 1. The van der Waals surface area contributed by atoms with Gasteiger partial charge >= 0.3 is 0 Å². The number of aliphatic hydroxyl groups excluding tert-OH is 1. The van der Waals surface area contributed by atoms with Crippen molar-refractivity contribution < 1.29 is 13.9 Å². The van der Waals surface area contributed by atoms with Gasteiger partial charge in [-0.1, -0.05) is 90.5 Å². The molecule has 0 radical (unpaired) electrons. The lowest BCUT2D eigenvalue weighted by atomic mass is 9.90. The van der Waals surface area contributed by atoms with E-state index in [2.05, 4.69) is 36.1 Å². The molecule has 0 aromatic heterocycles. The standard InChI is InChI=1S/C27H30ClF2NO/c1-20(16-17-32)31(18-23-14-9-15-25(26(23)28)27(2,29)30)19-24(21-10-5-3-6-11-21)22-12-7-4-8-13-22/h3-15,20,24,32H,16-19H2,1-2H3/t20-/m1/s1. The first kappa shape index (κ1) is 24.4. The highest BCUT2D eigenvalue weighted by molar-refractivity contribution is 6.32. The van der Waals surface area contributed by atoms with E-state index in [1.807, 2.05) is 36.4 Å². The minimum absolute atomic E-state index is 0.0387. The van der Waals surface area contributed by atoms with Crippen LogP contribution in [0, 0.1) is 0 Å². The molecule has 3 aromatic carbocycles. The molecule has 0 spiro atoms. The van der Waals surface area contributed by atoms with Gasteiger partial charge in [0.05, 0.1) is 5.02 Å². The van der Waals surface area contributed by atoms with Crippen molar-refractivity contribution in [3.05, 3.63) is 106 Å². The van der Waals surface area contributed by atoms with Gasteiger partial charge in [-0.2, -0.15) is 0 Å². The molecule has 0 fully saturated rings. The second-order valence-electron chi connectivity index (χ2n) is 8.33. The summed E-state index contributed by atoms with van der Waals surface area (Å²) in [4.78, 5) is 2.22. The number of rotatable bonds is 10. The molecule has 2 nitrogen and oxygen atoms in total. The highest BCUT2D eigenvalue weighted by Gasteiger charge is 2.29. The molecule has 1 atom stereocenters. The third kappa shape index (κ3) is 6.16. The Kier molecular flexibility index (Phi) is 8.41. The zero-order valence-electron chi connectivity index (χ0n) is 18.5. The average Bonchev–Trinajstić information content (AvgIpc) is 2.78. The van der Waals surface area contributed by atoms with Crippen LogP contribution in [0.4, 0.5) is 8.78 Å². The predicted molar refractivity (Wildman–Crippen MR) is 127 cm³/mol. The Morgan fingerprint density at radius 3 is 1.97 bits per heavy atom. The smallest absolute Gasteiger partial charge is 0.271 e. The van der Waals surface area contributed by atoms with E-state index in [-0.39, 0.29) is 29.2 Å². The van der Waals surface area contributed by atoms with Gasteiger partial charge in [0.15, 0.2) is 0 Å². The van der Waals surface area contributed by atoms with Crippen molar-refractivity contribution in [3.8, 4) is 0 Å². The third-order valence-electron chi connectivity index (χ3n) is 5.92. The van der Waals surface area contributed by atoms with Gasteiger partial charge in [-0.05, 0) is 30.0 Å². The van der Waals surface area contributed by atoms with Gasteiger partial charge in [-0.15, -0.1) is 0 Å². The molecular weight excluding hydrogens is 428 g/mol. The van der Waals surface area contributed by atoms with Gasteiger partial charge in [0.2, 0.25) is 0 Å². The van der Waals surface area contributed by atoms with Crippen LogP contribution in [0.3, 0.4) is 0 Å². The second-order valence-corrected chi connectivity index (χ2v) is 8.71. The molecule has 0 heterocycles. The topological polar surface area (TPSA) is 23.5 Å². The first-order valence-electron chi connectivity index (χ1n) is 10.9. The summed E-state index contributed by atoms with van der Waals surface area (Å²) in [6, 6.07) is 25.4. The van der Waals surface area contributed by atoms with Crippen LogP contribution in [0.15, 0.2) is 78.9 Å². The maximum absolute atomic E-state index is 14.0. The van der Waals surface area contributed by atoms with Crippen LogP contribution in [0.2, 0.25) is 5.02 Å².